The van der Waals surface area contributed by atoms with Gasteiger partial charge in [-0.15, -0.1) is 0 Å². The fourth-order valence-electron chi connectivity index (χ4n) is 2.24. The van der Waals surface area contributed by atoms with Crippen LogP contribution in [-0.2, 0) is 5.41 Å². The van der Waals surface area contributed by atoms with Crippen molar-refractivity contribution in [2.24, 2.45) is 0 Å². The third-order valence-electron chi connectivity index (χ3n) is 3.61. The summed E-state index contributed by atoms with van der Waals surface area (Å²) in [6, 6.07) is 6.64. The van der Waals surface area contributed by atoms with Crippen LogP contribution in [0.25, 0.3) is 0 Å². The summed E-state index contributed by atoms with van der Waals surface area (Å²) in [4.78, 5) is 0. The van der Waals surface area contributed by atoms with Crippen LogP contribution >= 0.6 is 0 Å². The summed E-state index contributed by atoms with van der Waals surface area (Å²) in [6.07, 6.45) is 0. The Kier molecular flexibility index (Phi) is 4.53. The molecule has 0 saturated carbocycles. The monoisotopic (exact) mass is 244 g/mol. The van der Waals surface area contributed by atoms with Crippen molar-refractivity contribution in [1.82, 2.24) is 5.32 Å². The van der Waals surface area contributed by atoms with E-state index in [0.717, 1.165) is 6.54 Å². The Hall–Kier alpha value is -1.33. The van der Waals surface area contributed by atoms with Crippen LogP contribution in [-0.4, -0.2) is 12.6 Å². The van der Waals surface area contributed by atoms with E-state index in [1.807, 2.05) is 6.92 Å². The fraction of sp³-hybridized carbons (Fsp3) is 0.562. The van der Waals surface area contributed by atoms with Gasteiger partial charge in [-0.05, 0) is 49.9 Å². The molecule has 0 spiro atoms. The first-order chi connectivity index (χ1) is 8.27. The van der Waals surface area contributed by atoms with Gasteiger partial charge in [-0.2, -0.15) is 5.26 Å². The van der Waals surface area contributed by atoms with Crippen LogP contribution in [0.2, 0.25) is 0 Å². The summed E-state index contributed by atoms with van der Waals surface area (Å²) in [5, 5.41) is 12.1. The number of nitrogens with zero attached hydrogens (tertiary/aromatic N) is 1. The molecular formula is C16H24N2. The zero-order valence-electron chi connectivity index (χ0n) is 12.4. The van der Waals surface area contributed by atoms with Gasteiger partial charge in [0.25, 0.3) is 0 Å². The third kappa shape index (κ3) is 3.34. The van der Waals surface area contributed by atoms with Crippen LogP contribution < -0.4 is 5.32 Å². The highest BCUT2D eigenvalue weighted by Crippen LogP contribution is 2.28. The molecule has 0 aliphatic carbocycles. The fourth-order valence-corrected chi connectivity index (χ4v) is 2.24. The van der Waals surface area contributed by atoms with E-state index in [1.165, 1.54) is 22.3 Å². The van der Waals surface area contributed by atoms with Crippen molar-refractivity contribution in [3.63, 3.8) is 0 Å². The maximum absolute atomic E-state index is 8.82. The summed E-state index contributed by atoms with van der Waals surface area (Å²) in [5.41, 5.74) is 5.40. The number of hydrogen-bond donors (Lipinski definition) is 1. The molecule has 1 N–H and O–H groups in total. The average molecular weight is 244 g/mol. The van der Waals surface area contributed by atoms with Crippen molar-refractivity contribution in [2.45, 2.75) is 53.0 Å². The minimum absolute atomic E-state index is 0.0354. The number of aryl methyl sites for hydroxylation is 3. The van der Waals surface area contributed by atoms with E-state index in [9.17, 15) is 0 Å². The Morgan fingerprint density at radius 2 is 1.72 bits per heavy atom. The zero-order valence-corrected chi connectivity index (χ0v) is 12.4. The van der Waals surface area contributed by atoms with E-state index in [0.29, 0.717) is 0 Å². The van der Waals surface area contributed by atoms with Crippen LogP contribution in [0.3, 0.4) is 0 Å². The predicted molar refractivity (Wildman–Crippen MR) is 76.8 cm³/mol. The highest BCUT2D eigenvalue weighted by molar-refractivity contribution is 5.40. The van der Waals surface area contributed by atoms with Gasteiger partial charge in [-0.3, -0.25) is 0 Å². The van der Waals surface area contributed by atoms with E-state index >= 15 is 0 Å². The molecule has 2 nitrogen and oxygen atoms in total. The normalized spacial score (nSPS) is 13.2. The molecule has 18 heavy (non-hydrogen) atoms. The number of hydrogen-bond acceptors (Lipinski definition) is 2. The molecule has 0 aliphatic heterocycles. The van der Waals surface area contributed by atoms with Crippen molar-refractivity contribution in [2.75, 3.05) is 6.54 Å². The number of benzene rings is 1. The Morgan fingerprint density at radius 3 is 2.28 bits per heavy atom. The molecule has 0 saturated heterocycles. The summed E-state index contributed by atoms with van der Waals surface area (Å²) in [5.74, 6) is 0. The lowest BCUT2D eigenvalue weighted by Gasteiger charge is -2.29. The van der Waals surface area contributed by atoms with Gasteiger partial charge in [-0.25, -0.2) is 0 Å². The van der Waals surface area contributed by atoms with E-state index in [1.54, 1.807) is 0 Å². The molecule has 1 rings (SSSR count). The van der Waals surface area contributed by atoms with Gasteiger partial charge in [0.05, 0.1) is 12.1 Å². The number of nitriles is 1. The van der Waals surface area contributed by atoms with Crippen LogP contribution in [0.15, 0.2) is 12.1 Å². The highest BCUT2D eigenvalue weighted by atomic mass is 14.9. The Morgan fingerprint density at radius 1 is 1.17 bits per heavy atom. The molecule has 0 heterocycles. The van der Waals surface area contributed by atoms with Gasteiger partial charge in [-0.1, -0.05) is 26.0 Å². The summed E-state index contributed by atoms with van der Waals surface area (Å²) >= 11 is 0. The third-order valence-corrected chi connectivity index (χ3v) is 3.61. The number of rotatable bonds is 4. The van der Waals surface area contributed by atoms with Crippen LogP contribution in [0.1, 0.15) is 43.0 Å². The van der Waals surface area contributed by atoms with Gasteiger partial charge in [0.15, 0.2) is 0 Å². The first-order valence-corrected chi connectivity index (χ1v) is 6.49. The lowest BCUT2D eigenvalue weighted by Crippen LogP contribution is -2.37. The quantitative estimate of drug-likeness (QED) is 0.881. The van der Waals surface area contributed by atoms with E-state index < -0.39 is 0 Å². The Bertz CT molecular complexity index is 467. The van der Waals surface area contributed by atoms with Crippen LogP contribution in [0, 0.1) is 32.1 Å². The van der Waals surface area contributed by atoms with E-state index in [-0.39, 0.29) is 11.5 Å². The van der Waals surface area contributed by atoms with E-state index in [4.69, 9.17) is 5.26 Å². The van der Waals surface area contributed by atoms with Gasteiger partial charge < -0.3 is 5.32 Å². The molecule has 1 aromatic carbocycles. The zero-order chi connectivity index (χ0) is 13.9. The van der Waals surface area contributed by atoms with Crippen molar-refractivity contribution in [1.29, 1.82) is 5.26 Å². The summed E-state index contributed by atoms with van der Waals surface area (Å²) in [6.45, 7) is 13.6. The average Bonchev–Trinajstić information content (AvgIpc) is 2.30. The van der Waals surface area contributed by atoms with Crippen molar-refractivity contribution in [3.8, 4) is 6.07 Å². The molecule has 0 aliphatic rings. The molecule has 98 valence electrons. The first kappa shape index (κ1) is 14.7. The van der Waals surface area contributed by atoms with E-state index in [2.05, 4.69) is 58.1 Å². The molecule has 0 amide bonds. The smallest absolute Gasteiger partial charge is 0.0924 e. The molecule has 0 fully saturated rings. The Labute approximate surface area is 111 Å². The first-order valence-electron chi connectivity index (χ1n) is 6.49. The predicted octanol–water partition coefficient (Wildman–Crippen LogP) is 3.39. The van der Waals surface area contributed by atoms with Crippen molar-refractivity contribution < 1.29 is 0 Å². The molecule has 1 unspecified atom stereocenters. The van der Waals surface area contributed by atoms with Gasteiger partial charge in [0.2, 0.25) is 0 Å². The molecule has 0 aromatic heterocycles. The number of nitrogens with one attached hydrogen (secondary N) is 1. The van der Waals surface area contributed by atoms with Gasteiger partial charge in [0, 0.05) is 12.0 Å². The van der Waals surface area contributed by atoms with Gasteiger partial charge >= 0.3 is 0 Å². The maximum Gasteiger partial charge on any atom is 0.0924 e. The molecule has 0 radical (unpaired) electrons. The second-order valence-electron chi connectivity index (χ2n) is 5.87. The lowest BCUT2D eigenvalue weighted by molar-refractivity contribution is 0.455. The largest absolute Gasteiger partial charge is 0.301 e. The SMILES string of the molecule is Cc1cc(C)c(C(C)(C)CNC(C)C#N)cc1C. The van der Waals surface area contributed by atoms with Gasteiger partial charge in [0.1, 0.15) is 0 Å². The molecule has 1 atom stereocenters. The minimum atomic E-state index is -0.101. The topological polar surface area (TPSA) is 35.8 Å². The molecule has 1 aromatic rings. The second kappa shape index (κ2) is 5.54. The second-order valence-corrected chi connectivity index (χ2v) is 5.87. The van der Waals surface area contributed by atoms with Crippen LogP contribution in [0.4, 0.5) is 0 Å². The summed E-state index contributed by atoms with van der Waals surface area (Å²) in [7, 11) is 0. The minimum Gasteiger partial charge on any atom is -0.301 e. The molecular weight excluding hydrogens is 220 g/mol. The molecule has 0 bridgehead atoms. The van der Waals surface area contributed by atoms with Crippen molar-refractivity contribution in [3.05, 3.63) is 34.4 Å². The summed E-state index contributed by atoms with van der Waals surface area (Å²) < 4.78 is 0. The maximum atomic E-state index is 8.82. The van der Waals surface area contributed by atoms with Crippen LogP contribution in [0.5, 0.6) is 0 Å². The highest BCUT2D eigenvalue weighted by Gasteiger charge is 2.23. The Balaban J connectivity index is 2.98. The standard InChI is InChI=1S/C16H24N2/c1-11-7-13(3)15(8-12(11)2)16(5,6)10-18-14(4)9-17/h7-8,14,18H,10H2,1-6H3. The lowest BCUT2D eigenvalue weighted by atomic mass is 9.80. The molecule has 2 heteroatoms. The van der Waals surface area contributed by atoms with Crippen molar-refractivity contribution >= 4 is 0 Å².